The van der Waals surface area contributed by atoms with Gasteiger partial charge in [-0.1, -0.05) is 6.42 Å². The lowest BCUT2D eigenvalue weighted by atomic mass is 10.0. The molecule has 4 nitrogen and oxygen atoms in total. The summed E-state index contributed by atoms with van der Waals surface area (Å²) in [5.41, 5.74) is 0. The summed E-state index contributed by atoms with van der Waals surface area (Å²) < 4.78 is 5.37. The van der Waals surface area contributed by atoms with Crippen LogP contribution in [-0.4, -0.2) is 36.4 Å². The molecule has 0 bridgehead atoms. The Bertz CT molecular complexity index is 257. The number of rotatable bonds is 3. The van der Waals surface area contributed by atoms with Crippen molar-refractivity contribution >= 4 is 5.91 Å². The van der Waals surface area contributed by atoms with Gasteiger partial charge in [0.1, 0.15) is 0 Å². The maximum absolute atomic E-state index is 11.8. The first kappa shape index (κ1) is 11.9. The molecule has 1 aliphatic carbocycles. The Labute approximate surface area is 96.4 Å². The van der Waals surface area contributed by atoms with Crippen LogP contribution < -0.4 is 5.32 Å². The number of ether oxygens (including phenoxy) is 1. The number of hydrogen-bond acceptors (Lipinski definition) is 3. The van der Waals surface area contributed by atoms with Gasteiger partial charge in [-0.25, -0.2) is 0 Å². The van der Waals surface area contributed by atoms with Gasteiger partial charge in [0.05, 0.1) is 24.7 Å². The van der Waals surface area contributed by atoms with Gasteiger partial charge < -0.3 is 15.2 Å². The molecule has 0 spiro atoms. The second-order valence-electron chi connectivity index (χ2n) is 5.08. The predicted molar refractivity (Wildman–Crippen MR) is 59.9 cm³/mol. The SMILES string of the molecule is CC1CC(C(=O)NCC2CCCC2O)CO1. The summed E-state index contributed by atoms with van der Waals surface area (Å²) in [5.74, 6) is 0.348. The first-order chi connectivity index (χ1) is 7.66. The molecule has 0 aromatic rings. The van der Waals surface area contributed by atoms with Gasteiger partial charge in [0.15, 0.2) is 0 Å². The van der Waals surface area contributed by atoms with Crippen LogP contribution >= 0.6 is 0 Å². The van der Waals surface area contributed by atoms with Crippen LogP contribution in [0.3, 0.4) is 0 Å². The van der Waals surface area contributed by atoms with Crippen LogP contribution in [0.4, 0.5) is 0 Å². The summed E-state index contributed by atoms with van der Waals surface area (Å²) in [6.45, 7) is 3.15. The molecule has 16 heavy (non-hydrogen) atoms. The molecule has 92 valence electrons. The van der Waals surface area contributed by atoms with Crippen molar-refractivity contribution in [1.82, 2.24) is 5.32 Å². The van der Waals surface area contributed by atoms with E-state index in [1.807, 2.05) is 6.92 Å². The zero-order chi connectivity index (χ0) is 11.5. The van der Waals surface area contributed by atoms with E-state index in [4.69, 9.17) is 4.74 Å². The smallest absolute Gasteiger partial charge is 0.225 e. The van der Waals surface area contributed by atoms with Crippen LogP contribution in [0.2, 0.25) is 0 Å². The fourth-order valence-electron chi connectivity index (χ4n) is 2.63. The van der Waals surface area contributed by atoms with Crippen LogP contribution in [0, 0.1) is 11.8 Å². The fraction of sp³-hybridized carbons (Fsp3) is 0.917. The normalized spacial score (nSPS) is 38.9. The van der Waals surface area contributed by atoms with Gasteiger partial charge >= 0.3 is 0 Å². The molecule has 1 amide bonds. The molecule has 1 saturated heterocycles. The third-order valence-electron chi connectivity index (χ3n) is 3.73. The number of carbonyl (C=O) groups is 1. The molecule has 0 aromatic carbocycles. The molecular formula is C12H21NO3. The van der Waals surface area contributed by atoms with Crippen molar-refractivity contribution < 1.29 is 14.6 Å². The lowest BCUT2D eigenvalue weighted by Crippen LogP contribution is -2.36. The highest BCUT2D eigenvalue weighted by molar-refractivity contribution is 5.79. The Hall–Kier alpha value is -0.610. The quantitative estimate of drug-likeness (QED) is 0.745. The summed E-state index contributed by atoms with van der Waals surface area (Å²) >= 11 is 0. The Morgan fingerprint density at radius 1 is 1.50 bits per heavy atom. The molecule has 0 aromatic heterocycles. The molecule has 2 aliphatic rings. The molecule has 2 rings (SSSR count). The van der Waals surface area contributed by atoms with E-state index in [1.165, 1.54) is 0 Å². The number of carbonyl (C=O) groups excluding carboxylic acids is 1. The van der Waals surface area contributed by atoms with Gasteiger partial charge in [0, 0.05) is 12.5 Å². The largest absolute Gasteiger partial charge is 0.393 e. The lowest BCUT2D eigenvalue weighted by molar-refractivity contribution is -0.125. The molecule has 4 unspecified atom stereocenters. The maximum atomic E-state index is 11.8. The van der Waals surface area contributed by atoms with Crippen molar-refractivity contribution in [1.29, 1.82) is 0 Å². The van der Waals surface area contributed by atoms with Crippen molar-refractivity contribution in [3.8, 4) is 0 Å². The molecule has 1 aliphatic heterocycles. The van der Waals surface area contributed by atoms with E-state index in [9.17, 15) is 9.90 Å². The Morgan fingerprint density at radius 2 is 2.31 bits per heavy atom. The average molecular weight is 227 g/mol. The van der Waals surface area contributed by atoms with Crippen LogP contribution in [0.1, 0.15) is 32.6 Å². The van der Waals surface area contributed by atoms with E-state index in [2.05, 4.69) is 5.32 Å². The molecule has 0 radical (unpaired) electrons. The lowest BCUT2D eigenvalue weighted by Gasteiger charge is -2.16. The third kappa shape index (κ3) is 2.74. The van der Waals surface area contributed by atoms with E-state index in [1.54, 1.807) is 0 Å². The minimum Gasteiger partial charge on any atom is -0.393 e. The number of hydrogen-bond donors (Lipinski definition) is 2. The van der Waals surface area contributed by atoms with Crippen molar-refractivity contribution in [2.24, 2.45) is 11.8 Å². The minimum atomic E-state index is -0.223. The minimum absolute atomic E-state index is 0.00791. The number of amides is 1. The Balaban J connectivity index is 1.71. The van der Waals surface area contributed by atoms with Gasteiger partial charge in [-0.3, -0.25) is 4.79 Å². The Morgan fingerprint density at radius 3 is 2.88 bits per heavy atom. The summed E-state index contributed by atoms with van der Waals surface area (Å²) in [6.07, 6.45) is 3.78. The van der Waals surface area contributed by atoms with Gasteiger partial charge in [-0.2, -0.15) is 0 Å². The van der Waals surface area contributed by atoms with E-state index < -0.39 is 0 Å². The second-order valence-corrected chi connectivity index (χ2v) is 5.08. The highest BCUT2D eigenvalue weighted by Crippen LogP contribution is 2.25. The van der Waals surface area contributed by atoms with Crippen LogP contribution in [-0.2, 0) is 9.53 Å². The maximum Gasteiger partial charge on any atom is 0.225 e. The zero-order valence-electron chi connectivity index (χ0n) is 9.82. The summed E-state index contributed by atoms with van der Waals surface area (Å²) in [4.78, 5) is 11.8. The fourth-order valence-corrected chi connectivity index (χ4v) is 2.63. The van der Waals surface area contributed by atoms with E-state index in [0.29, 0.717) is 13.2 Å². The highest BCUT2D eigenvalue weighted by Gasteiger charge is 2.30. The monoisotopic (exact) mass is 227 g/mol. The van der Waals surface area contributed by atoms with Crippen LogP contribution in [0.25, 0.3) is 0 Å². The molecular weight excluding hydrogens is 206 g/mol. The molecule has 4 heteroatoms. The molecule has 1 heterocycles. The van der Waals surface area contributed by atoms with Crippen molar-refractivity contribution in [3.05, 3.63) is 0 Å². The highest BCUT2D eigenvalue weighted by atomic mass is 16.5. The van der Waals surface area contributed by atoms with E-state index in [-0.39, 0.29) is 30.0 Å². The predicted octanol–water partition coefficient (Wildman–Crippen LogP) is 0.689. The summed E-state index contributed by atoms with van der Waals surface area (Å²) in [7, 11) is 0. The number of aliphatic hydroxyl groups is 1. The first-order valence-corrected chi connectivity index (χ1v) is 6.24. The standard InChI is InChI=1S/C12H21NO3/c1-8-5-10(7-16-8)12(15)13-6-9-3-2-4-11(9)14/h8-11,14H,2-7H2,1H3,(H,13,15). The van der Waals surface area contributed by atoms with Crippen LogP contribution in [0.5, 0.6) is 0 Å². The van der Waals surface area contributed by atoms with Gasteiger partial charge in [-0.05, 0) is 26.2 Å². The van der Waals surface area contributed by atoms with Crippen molar-refractivity contribution in [2.75, 3.05) is 13.2 Å². The first-order valence-electron chi connectivity index (χ1n) is 6.24. The van der Waals surface area contributed by atoms with Gasteiger partial charge in [0.2, 0.25) is 5.91 Å². The molecule has 2 N–H and O–H groups in total. The number of aliphatic hydroxyl groups excluding tert-OH is 1. The van der Waals surface area contributed by atoms with Crippen LogP contribution in [0.15, 0.2) is 0 Å². The van der Waals surface area contributed by atoms with E-state index in [0.717, 1.165) is 25.7 Å². The van der Waals surface area contributed by atoms with Gasteiger partial charge in [0.25, 0.3) is 0 Å². The number of nitrogens with one attached hydrogen (secondary N) is 1. The zero-order valence-corrected chi connectivity index (χ0v) is 9.82. The summed E-state index contributed by atoms with van der Waals surface area (Å²) in [6, 6.07) is 0. The van der Waals surface area contributed by atoms with Crippen molar-refractivity contribution in [3.63, 3.8) is 0 Å². The van der Waals surface area contributed by atoms with E-state index >= 15 is 0 Å². The topological polar surface area (TPSA) is 58.6 Å². The third-order valence-corrected chi connectivity index (χ3v) is 3.73. The summed E-state index contributed by atoms with van der Waals surface area (Å²) in [5, 5.41) is 12.6. The molecule has 4 atom stereocenters. The average Bonchev–Trinajstić information content (AvgIpc) is 2.84. The van der Waals surface area contributed by atoms with Gasteiger partial charge in [-0.15, -0.1) is 0 Å². The van der Waals surface area contributed by atoms with Crippen molar-refractivity contribution in [2.45, 2.75) is 44.8 Å². The second kappa shape index (κ2) is 5.15. The molecule has 1 saturated carbocycles. The Kier molecular flexibility index (Phi) is 3.82. The molecule has 2 fully saturated rings.